The SMILES string of the molecule is c1ccc2cc(C3CC4CNCC43)ccc2c1. The van der Waals surface area contributed by atoms with E-state index in [-0.39, 0.29) is 0 Å². The van der Waals surface area contributed by atoms with Crippen LogP contribution in [0.2, 0.25) is 0 Å². The van der Waals surface area contributed by atoms with Crippen LogP contribution in [-0.4, -0.2) is 13.1 Å². The summed E-state index contributed by atoms with van der Waals surface area (Å²) in [7, 11) is 0. The van der Waals surface area contributed by atoms with E-state index in [1.165, 1.54) is 30.3 Å². The van der Waals surface area contributed by atoms with Crippen LogP contribution in [0.5, 0.6) is 0 Å². The predicted molar refractivity (Wildman–Crippen MR) is 71.2 cm³/mol. The Labute approximate surface area is 102 Å². The molecule has 86 valence electrons. The Kier molecular flexibility index (Phi) is 2.03. The molecule has 0 amide bonds. The third-order valence-corrected chi connectivity index (χ3v) is 4.67. The Balaban J connectivity index is 1.72. The third-order valence-electron chi connectivity index (χ3n) is 4.67. The maximum Gasteiger partial charge on any atom is -0.00114 e. The van der Waals surface area contributed by atoms with E-state index in [0.29, 0.717) is 0 Å². The van der Waals surface area contributed by atoms with Crippen LogP contribution < -0.4 is 5.32 Å². The fourth-order valence-electron chi connectivity index (χ4n) is 3.61. The molecule has 1 heterocycles. The standard InChI is InChI=1S/C16H17N/c1-2-4-12-7-13(6-5-11(12)3-1)15-8-14-9-17-10-16(14)15/h1-7,14-17H,8-10H2. The van der Waals surface area contributed by atoms with E-state index in [1.54, 1.807) is 5.56 Å². The molecule has 1 saturated heterocycles. The molecule has 17 heavy (non-hydrogen) atoms. The highest BCUT2D eigenvalue weighted by Crippen LogP contribution is 2.49. The van der Waals surface area contributed by atoms with Crippen molar-refractivity contribution in [2.75, 3.05) is 13.1 Å². The van der Waals surface area contributed by atoms with Crippen molar-refractivity contribution in [3.05, 3.63) is 48.0 Å². The Bertz CT molecular complexity index is 560. The molecule has 3 unspecified atom stereocenters. The summed E-state index contributed by atoms with van der Waals surface area (Å²) in [6, 6.07) is 15.7. The van der Waals surface area contributed by atoms with Gasteiger partial charge in [0.1, 0.15) is 0 Å². The van der Waals surface area contributed by atoms with E-state index >= 15 is 0 Å². The first-order valence-corrected chi connectivity index (χ1v) is 6.61. The average molecular weight is 223 g/mol. The molecular formula is C16H17N. The Hall–Kier alpha value is -1.34. The zero-order valence-corrected chi connectivity index (χ0v) is 9.89. The Morgan fingerprint density at radius 1 is 0.941 bits per heavy atom. The van der Waals surface area contributed by atoms with Gasteiger partial charge in [0.05, 0.1) is 0 Å². The Morgan fingerprint density at radius 2 is 1.82 bits per heavy atom. The van der Waals surface area contributed by atoms with Gasteiger partial charge in [0.25, 0.3) is 0 Å². The molecule has 1 saturated carbocycles. The lowest BCUT2D eigenvalue weighted by Crippen LogP contribution is -2.33. The lowest BCUT2D eigenvalue weighted by Gasteiger charge is -2.40. The van der Waals surface area contributed by atoms with Crippen molar-refractivity contribution in [1.82, 2.24) is 5.32 Å². The zero-order valence-electron chi connectivity index (χ0n) is 9.89. The summed E-state index contributed by atoms with van der Waals surface area (Å²) in [6.07, 6.45) is 1.38. The number of hydrogen-bond donors (Lipinski definition) is 1. The highest BCUT2D eigenvalue weighted by Gasteiger charge is 2.44. The summed E-state index contributed by atoms with van der Waals surface area (Å²) >= 11 is 0. The first-order valence-electron chi connectivity index (χ1n) is 6.61. The third kappa shape index (κ3) is 1.42. The van der Waals surface area contributed by atoms with Crippen LogP contribution in [0, 0.1) is 11.8 Å². The maximum absolute atomic E-state index is 3.52. The molecule has 0 radical (unpaired) electrons. The van der Waals surface area contributed by atoms with Crippen LogP contribution in [0.15, 0.2) is 42.5 Å². The van der Waals surface area contributed by atoms with Gasteiger partial charge in [-0.15, -0.1) is 0 Å². The number of rotatable bonds is 1. The van der Waals surface area contributed by atoms with Crippen molar-refractivity contribution in [2.45, 2.75) is 12.3 Å². The molecule has 2 fully saturated rings. The lowest BCUT2D eigenvalue weighted by molar-refractivity contribution is 0.191. The molecule has 1 N–H and O–H groups in total. The molecule has 0 spiro atoms. The van der Waals surface area contributed by atoms with Crippen molar-refractivity contribution < 1.29 is 0 Å². The molecule has 1 nitrogen and oxygen atoms in total. The van der Waals surface area contributed by atoms with Crippen molar-refractivity contribution in [3.8, 4) is 0 Å². The Morgan fingerprint density at radius 3 is 2.71 bits per heavy atom. The lowest BCUT2D eigenvalue weighted by atomic mass is 9.64. The minimum Gasteiger partial charge on any atom is -0.316 e. The molecule has 0 aromatic heterocycles. The van der Waals surface area contributed by atoms with Gasteiger partial charge in [-0.2, -0.15) is 0 Å². The first-order chi connectivity index (χ1) is 8.42. The van der Waals surface area contributed by atoms with Gasteiger partial charge in [-0.25, -0.2) is 0 Å². The zero-order chi connectivity index (χ0) is 11.2. The largest absolute Gasteiger partial charge is 0.316 e. The van der Waals surface area contributed by atoms with Gasteiger partial charge in [-0.1, -0.05) is 42.5 Å². The summed E-state index contributed by atoms with van der Waals surface area (Å²) < 4.78 is 0. The van der Waals surface area contributed by atoms with Crippen LogP contribution in [-0.2, 0) is 0 Å². The highest BCUT2D eigenvalue weighted by atomic mass is 14.9. The molecular weight excluding hydrogens is 206 g/mol. The topological polar surface area (TPSA) is 12.0 Å². The van der Waals surface area contributed by atoms with Crippen molar-refractivity contribution in [2.24, 2.45) is 11.8 Å². The minimum atomic E-state index is 0.805. The van der Waals surface area contributed by atoms with Crippen LogP contribution in [0.25, 0.3) is 10.8 Å². The van der Waals surface area contributed by atoms with E-state index in [4.69, 9.17) is 0 Å². The van der Waals surface area contributed by atoms with E-state index in [1.807, 2.05) is 0 Å². The number of fused-ring (bicyclic) bond motifs is 2. The minimum absolute atomic E-state index is 0.805. The van der Waals surface area contributed by atoms with Gasteiger partial charge in [0, 0.05) is 0 Å². The first kappa shape index (κ1) is 9.67. The number of benzene rings is 2. The van der Waals surface area contributed by atoms with E-state index in [9.17, 15) is 0 Å². The van der Waals surface area contributed by atoms with E-state index in [2.05, 4.69) is 47.8 Å². The van der Waals surface area contributed by atoms with Crippen molar-refractivity contribution >= 4 is 10.8 Å². The van der Waals surface area contributed by atoms with Crippen LogP contribution in [0.4, 0.5) is 0 Å². The molecule has 2 aromatic rings. The van der Waals surface area contributed by atoms with Gasteiger partial charge in [-0.05, 0) is 53.6 Å². The van der Waals surface area contributed by atoms with Gasteiger partial charge in [0.15, 0.2) is 0 Å². The average Bonchev–Trinajstić information content (AvgIpc) is 2.71. The predicted octanol–water partition coefficient (Wildman–Crippen LogP) is 3.16. The van der Waals surface area contributed by atoms with Gasteiger partial charge in [0.2, 0.25) is 0 Å². The molecule has 4 rings (SSSR count). The molecule has 2 aromatic carbocycles. The molecule has 2 aliphatic rings. The van der Waals surface area contributed by atoms with E-state index < -0.39 is 0 Å². The highest BCUT2D eigenvalue weighted by molar-refractivity contribution is 5.83. The summed E-state index contributed by atoms with van der Waals surface area (Å²) in [5.74, 6) is 2.65. The van der Waals surface area contributed by atoms with Gasteiger partial charge >= 0.3 is 0 Å². The second kappa shape index (κ2) is 3.58. The summed E-state index contributed by atoms with van der Waals surface area (Å²) in [6.45, 7) is 2.47. The molecule has 1 heteroatoms. The van der Waals surface area contributed by atoms with E-state index in [0.717, 1.165) is 17.8 Å². The summed E-state index contributed by atoms with van der Waals surface area (Å²) in [5.41, 5.74) is 1.55. The second-order valence-corrected chi connectivity index (χ2v) is 5.53. The molecule has 1 aliphatic carbocycles. The van der Waals surface area contributed by atoms with Crippen molar-refractivity contribution in [3.63, 3.8) is 0 Å². The molecule has 0 bridgehead atoms. The number of hydrogen-bond acceptors (Lipinski definition) is 1. The molecule has 3 atom stereocenters. The fraction of sp³-hybridized carbons (Fsp3) is 0.375. The van der Waals surface area contributed by atoms with Crippen LogP contribution >= 0.6 is 0 Å². The summed E-state index contributed by atoms with van der Waals surface area (Å²) in [5, 5.41) is 6.27. The van der Waals surface area contributed by atoms with Gasteiger partial charge < -0.3 is 5.32 Å². The number of nitrogens with one attached hydrogen (secondary N) is 1. The fourth-order valence-corrected chi connectivity index (χ4v) is 3.61. The summed E-state index contributed by atoms with van der Waals surface area (Å²) in [4.78, 5) is 0. The monoisotopic (exact) mass is 223 g/mol. The van der Waals surface area contributed by atoms with Crippen molar-refractivity contribution in [1.29, 1.82) is 0 Å². The second-order valence-electron chi connectivity index (χ2n) is 5.53. The normalized spacial score (nSPS) is 31.2. The van der Waals surface area contributed by atoms with Gasteiger partial charge in [-0.3, -0.25) is 0 Å². The van der Waals surface area contributed by atoms with Crippen LogP contribution in [0.3, 0.4) is 0 Å². The van der Waals surface area contributed by atoms with Crippen LogP contribution in [0.1, 0.15) is 17.9 Å². The quantitative estimate of drug-likeness (QED) is 0.783. The maximum atomic E-state index is 3.52. The molecule has 1 aliphatic heterocycles. The smallest absolute Gasteiger partial charge is 0.00114 e.